The summed E-state index contributed by atoms with van der Waals surface area (Å²) in [6.07, 6.45) is 4.72. The predicted molar refractivity (Wildman–Crippen MR) is 104 cm³/mol. The van der Waals surface area contributed by atoms with Gasteiger partial charge in [-0.25, -0.2) is 0 Å². The minimum Gasteiger partial charge on any atom is -0.507 e. The quantitative estimate of drug-likeness (QED) is 0.482. The Morgan fingerprint density at radius 3 is 2.93 bits per heavy atom. The Labute approximate surface area is 161 Å². The molecule has 0 atom stereocenters. The lowest BCUT2D eigenvalue weighted by molar-refractivity contribution is 0.101. The van der Waals surface area contributed by atoms with Crippen LogP contribution in [-0.2, 0) is 19.6 Å². The van der Waals surface area contributed by atoms with Crippen molar-refractivity contribution in [2.24, 2.45) is 0 Å². The number of phenolic OH excluding ortho intramolecular Hbond substituents is 1. The summed E-state index contributed by atoms with van der Waals surface area (Å²) >= 11 is 0. The first-order valence-electron chi connectivity index (χ1n) is 9.01. The van der Waals surface area contributed by atoms with Crippen molar-refractivity contribution in [1.29, 1.82) is 0 Å². The first-order valence-corrected chi connectivity index (χ1v) is 9.01. The number of aromatic amines is 1. The van der Waals surface area contributed by atoms with Crippen molar-refractivity contribution in [2.75, 3.05) is 0 Å². The Bertz CT molecular complexity index is 1130. The van der Waals surface area contributed by atoms with Gasteiger partial charge in [0.25, 0.3) is 0 Å². The van der Waals surface area contributed by atoms with E-state index < -0.39 is 0 Å². The van der Waals surface area contributed by atoms with Gasteiger partial charge in [-0.2, -0.15) is 0 Å². The Hall–Kier alpha value is -3.61. The molecule has 0 fully saturated rings. The number of aryl methyl sites for hydroxylation is 2. The van der Waals surface area contributed by atoms with E-state index in [9.17, 15) is 9.90 Å². The lowest BCUT2D eigenvalue weighted by Crippen LogP contribution is -2.01. The molecule has 0 aliphatic carbocycles. The van der Waals surface area contributed by atoms with Crippen molar-refractivity contribution in [2.45, 2.75) is 26.5 Å². The van der Waals surface area contributed by atoms with Crippen LogP contribution in [0.15, 0.2) is 54.9 Å². The Morgan fingerprint density at radius 2 is 2.11 bits per heavy atom. The van der Waals surface area contributed by atoms with Crippen LogP contribution in [-0.4, -0.2) is 30.9 Å². The number of hydrogen-bond acceptors (Lipinski definition) is 5. The summed E-state index contributed by atoms with van der Waals surface area (Å²) in [6.45, 7) is 2.35. The minimum atomic E-state index is -0.192. The molecule has 2 N–H and O–H groups in total. The summed E-state index contributed by atoms with van der Waals surface area (Å²) in [5.41, 5.74) is 3.33. The van der Waals surface area contributed by atoms with Crippen LogP contribution in [0.3, 0.4) is 0 Å². The van der Waals surface area contributed by atoms with E-state index in [0.717, 1.165) is 11.9 Å². The number of fused-ring (bicyclic) bond motifs is 1. The number of carbonyl (C=O) groups is 1. The molecule has 7 heteroatoms. The molecule has 0 unspecified atom stereocenters. The van der Waals surface area contributed by atoms with E-state index in [1.807, 2.05) is 24.5 Å². The fraction of sp³-hybridized carbons (Fsp3) is 0.190. The van der Waals surface area contributed by atoms with Crippen molar-refractivity contribution in [3.63, 3.8) is 0 Å². The lowest BCUT2D eigenvalue weighted by atomic mass is 10.1. The molecule has 2 heterocycles. The summed E-state index contributed by atoms with van der Waals surface area (Å²) < 4.78 is 7.43. The van der Waals surface area contributed by atoms with Crippen LogP contribution < -0.4 is 4.74 Å². The van der Waals surface area contributed by atoms with E-state index in [1.54, 1.807) is 16.8 Å². The van der Waals surface area contributed by atoms with E-state index >= 15 is 0 Å². The largest absolute Gasteiger partial charge is 0.507 e. The number of ketones is 1. The fourth-order valence-corrected chi connectivity index (χ4v) is 3.14. The van der Waals surface area contributed by atoms with Gasteiger partial charge in [-0.3, -0.25) is 9.48 Å². The molecule has 4 aromatic rings. The SMILES string of the molecule is CC(=O)c1ccc(OCc2cn(CCc3c[nH]c4ccccc34)nn2)cc1O. The molecule has 2 aromatic heterocycles. The molecule has 0 aliphatic rings. The third-order valence-electron chi connectivity index (χ3n) is 4.61. The highest BCUT2D eigenvalue weighted by molar-refractivity contribution is 5.96. The van der Waals surface area contributed by atoms with Crippen molar-refractivity contribution in [3.8, 4) is 11.5 Å². The van der Waals surface area contributed by atoms with Gasteiger partial charge in [0, 0.05) is 29.7 Å². The molecule has 0 spiro atoms. The molecule has 0 saturated heterocycles. The molecular formula is C21H20N4O3. The van der Waals surface area contributed by atoms with Gasteiger partial charge in [-0.05, 0) is 37.1 Å². The summed E-state index contributed by atoms with van der Waals surface area (Å²) in [4.78, 5) is 14.6. The molecule has 0 amide bonds. The number of para-hydroxylation sites is 1. The van der Waals surface area contributed by atoms with Gasteiger partial charge in [0.05, 0.1) is 11.8 Å². The molecule has 142 valence electrons. The number of aromatic hydroxyl groups is 1. The maximum atomic E-state index is 11.4. The number of carbonyl (C=O) groups excluding carboxylic acids is 1. The highest BCUT2D eigenvalue weighted by atomic mass is 16.5. The molecule has 0 aliphatic heterocycles. The van der Waals surface area contributed by atoms with Crippen molar-refractivity contribution >= 4 is 16.7 Å². The smallest absolute Gasteiger partial charge is 0.163 e. The van der Waals surface area contributed by atoms with Gasteiger partial charge >= 0.3 is 0 Å². The zero-order chi connectivity index (χ0) is 19.5. The van der Waals surface area contributed by atoms with Crippen LogP contribution in [0.25, 0.3) is 10.9 Å². The number of aromatic nitrogens is 4. The number of hydrogen-bond donors (Lipinski definition) is 2. The average Bonchev–Trinajstić information content (AvgIpc) is 3.31. The summed E-state index contributed by atoms with van der Waals surface area (Å²) in [6, 6.07) is 12.8. The normalized spacial score (nSPS) is 11.0. The number of phenols is 1. The number of benzene rings is 2. The molecule has 0 radical (unpaired) electrons. The Morgan fingerprint density at radius 1 is 1.25 bits per heavy atom. The Balaban J connectivity index is 1.35. The van der Waals surface area contributed by atoms with Gasteiger partial charge < -0.3 is 14.8 Å². The number of Topliss-reactive ketones (excluding diaryl/α,β-unsaturated/α-hetero) is 1. The summed E-state index contributed by atoms with van der Waals surface area (Å²) in [7, 11) is 0. The third-order valence-corrected chi connectivity index (χ3v) is 4.61. The zero-order valence-electron chi connectivity index (χ0n) is 15.4. The standard InChI is InChI=1S/C21H20N4O3/c1-14(26)18-7-6-17(10-21(18)27)28-13-16-12-25(24-23-16)9-8-15-11-22-20-5-3-2-4-19(15)20/h2-7,10-12,22,27H,8-9,13H2,1H3. The van der Waals surface area contributed by atoms with Crippen LogP contribution in [0.2, 0.25) is 0 Å². The van der Waals surface area contributed by atoms with Crippen molar-refractivity contribution in [3.05, 3.63) is 71.7 Å². The molecule has 2 aromatic carbocycles. The number of nitrogens with zero attached hydrogens (tertiary/aromatic N) is 3. The van der Waals surface area contributed by atoms with E-state index in [4.69, 9.17) is 4.74 Å². The first-order chi connectivity index (χ1) is 13.6. The third kappa shape index (κ3) is 3.73. The summed E-state index contributed by atoms with van der Waals surface area (Å²) in [5.74, 6) is 0.186. The van der Waals surface area contributed by atoms with Crippen LogP contribution >= 0.6 is 0 Å². The predicted octanol–water partition coefficient (Wildman–Crippen LogP) is 3.49. The van der Waals surface area contributed by atoms with Gasteiger partial charge in [0.15, 0.2) is 5.78 Å². The van der Waals surface area contributed by atoms with Gasteiger partial charge in [0.2, 0.25) is 0 Å². The maximum absolute atomic E-state index is 11.4. The van der Waals surface area contributed by atoms with Crippen LogP contribution in [0, 0.1) is 0 Å². The van der Waals surface area contributed by atoms with E-state index in [-0.39, 0.29) is 23.7 Å². The minimum absolute atomic E-state index is 0.0904. The lowest BCUT2D eigenvalue weighted by Gasteiger charge is -2.06. The second-order valence-electron chi connectivity index (χ2n) is 6.61. The molecule has 7 nitrogen and oxygen atoms in total. The number of nitrogens with one attached hydrogen (secondary N) is 1. The molecule has 0 saturated carbocycles. The van der Waals surface area contributed by atoms with Gasteiger partial charge in [0.1, 0.15) is 23.8 Å². The second-order valence-corrected chi connectivity index (χ2v) is 6.61. The van der Waals surface area contributed by atoms with Crippen molar-refractivity contribution < 1.29 is 14.6 Å². The molecule has 4 rings (SSSR count). The second kappa shape index (κ2) is 7.56. The molecule has 28 heavy (non-hydrogen) atoms. The monoisotopic (exact) mass is 376 g/mol. The number of ether oxygens (including phenoxy) is 1. The zero-order valence-corrected chi connectivity index (χ0v) is 15.4. The van der Waals surface area contributed by atoms with Crippen LogP contribution in [0.4, 0.5) is 0 Å². The van der Waals surface area contributed by atoms with Crippen molar-refractivity contribution in [1.82, 2.24) is 20.0 Å². The molecular weight excluding hydrogens is 356 g/mol. The van der Waals surface area contributed by atoms with E-state index in [1.165, 1.54) is 23.9 Å². The average molecular weight is 376 g/mol. The van der Waals surface area contributed by atoms with E-state index in [2.05, 4.69) is 27.4 Å². The van der Waals surface area contributed by atoms with Crippen LogP contribution in [0.5, 0.6) is 11.5 Å². The number of H-pyrrole nitrogens is 1. The highest BCUT2D eigenvalue weighted by Gasteiger charge is 2.09. The number of rotatable bonds is 7. The fourth-order valence-electron chi connectivity index (χ4n) is 3.14. The Kier molecular flexibility index (Phi) is 4.80. The first kappa shape index (κ1) is 17.8. The maximum Gasteiger partial charge on any atom is 0.163 e. The van der Waals surface area contributed by atoms with Gasteiger partial charge in [-0.15, -0.1) is 5.10 Å². The van der Waals surface area contributed by atoms with Crippen LogP contribution in [0.1, 0.15) is 28.5 Å². The molecule has 0 bridgehead atoms. The van der Waals surface area contributed by atoms with Gasteiger partial charge in [-0.1, -0.05) is 23.4 Å². The summed E-state index contributed by atoms with van der Waals surface area (Å²) in [5, 5.41) is 19.4. The highest BCUT2D eigenvalue weighted by Crippen LogP contribution is 2.24. The van der Waals surface area contributed by atoms with E-state index in [0.29, 0.717) is 18.0 Å². The topological polar surface area (TPSA) is 93.0 Å².